The van der Waals surface area contributed by atoms with Gasteiger partial charge >= 0.3 is 0 Å². The van der Waals surface area contributed by atoms with Gasteiger partial charge in [0.05, 0.1) is 0 Å². The van der Waals surface area contributed by atoms with E-state index in [1.807, 2.05) is 12.1 Å². The van der Waals surface area contributed by atoms with Crippen molar-refractivity contribution in [3.8, 4) is 5.75 Å². The Hall–Kier alpha value is -1.28. The van der Waals surface area contributed by atoms with Gasteiger partial charge in [-0.3, -0.25) is 0 Å². The van der Waals surface area contributed by atoms with E-state index in [1.165, 1.54) is 11.1 Å². The minimum Gasteiger partial charge on any atom is -0.508 e. The summed E-state index contributed by atoms with van der Waals surface area (Å²) in [6, 6.07) is 7.41. The van der Waals surface area contributed by atoms with Gasteiger partial charge < -0.3 is 10.4 Å². The molecule has 88 valence electrons. The molecule has 0 aliphatic rings. The smallest absolute Gasteiger partial charge is 0.115 e. The van der Waals surface area contributed by atoms with Crippen molar-refractivity contribution in [1.29, 1.82) is 0 Å². The van der Waals surface area contributed by atoms with Crippen molar-refractivity contribution in [1.82, 2.24) is 5.32 Å². The van der Waals surface area contributed by atoms with Crippen LogP contribution in [0.15, 0.2) is 35.9 Å². The lowest BCUT2D eigenvalue weighted by Crippen LogP contribution is -2.13. The second kappa shape index (κ2) is 7.07. The molecule has 0 atom stereocenters. The van der Waals surface area contributed by atoms with Crippen LogP contribution in [0.25, 0.3) is 0 Å². The third-order valence-corrected chi connectivity index (χ3v) is 2.48. The number of hydrogen-bond acceptors (Lipinski definition) is 2. The molecule has 0 amide bonds. The van der Waals surface area contributed by atoms with Gasteiger partial charge in [0, 0.05) is 0 Å². The lowest BCUT2D eigenvalue weighted by molar-refractivity contribution is 0.475. The molecule has 2 nitrogen and oxygen atoms in total. The van der Waals surface area contributed by atoms with Crippen molar-refractivity contribution in [2.45, 2.75) is 26.7 Å². The molecular formula is C14H21NO. The number of nitrogens with one attached hydrogen (secondary N) is 1. The highest BCUT2D eigenvalue weighted by Crippen LogP contribution is 2.13. The molecule has 0 bridgehead atoms. The first-order valence-corrected chi connectivity index (χ1v) is 5.86. The second-order valence-electron chi connectivity index (χ2n) is 4.04. The number of rotatable bonds is 6. The van der Waals surface area contributed by atoms with Crippen LogP contribution in [0.2, 0.25) is 0 Å². The van der Waals surface area contributed by atoms with Crippen molar-refractivity contribution in [2.24, 2.45) is 0 Å². The largest absolute Gasteiger partial charge is 0.508 e. The molecule has 0 aliphatic heterocycles. The van der Waals surface area contributed by atoms with Crippen molar-refractivity contribution < 1.29 is 5.11 Å². The van der Waals surface area contributed by atoms with Gasteiger partial charge in [-0.15, -0.1) is 0 Å². The van der Waals surface area contributed by atoms with Crippen LogP contribution in [0.4, 0.5) is 0 Å². The van der Waals surface area contributed by atoms with Gasteiger partial charge in [0.25, 0.3) is 0 Å². The molecule has 2 N–H and O–H groups in total. The van der Waals surface area contributed by atoms with E-state index in [2.05, 4.69) is 25.2 Å². The Labute approximate surface area is 98.0 Å². The summed E-state index contributed by atoms with van der Waals surface area (Å²) in [5, 5.41) is 12.5. The molecule has 2 heteroatoms. The van der Waals surface area contributed by atoms with Gasteiger partial charge in [0.1, 0.15) is 5.75 Å². The lowest BCUT2D eigenvalue weighted by atomic mass is 10.1. The molecule has 0 heterocycles. The number of phenolic OH excluding ortho intramolecular Hbond substituents is 1. The predicted octanol–water partition coefficient (Wildman–Crippen LogP) is 2.88. The lowest BCUT2D eigenvalue weighted by Gasteiger charge is -2.03. The molecular weight excluding hydrogens is 198 g/mol. The van der Waals surface area contributed by atoms with E-state index in [0.717, 1.165) is 25.9 Å². The Morgan fingerprint density at radius 1 is 1.31 bits per heavy atom. The van der Waals surface area contributed by atoms with Gasteiger partial charge in [0.15, 0.2) is 0 Å². The van der Waals surface area contributed by atoms with Gasteiger partial charge in [0.2, 0.25) is 0 Å². The fourth-order valence-corrected chi connectivity index (χ4v) is 1.61. The van der Waals surface area contributed by atoms with Crippen molar-refractivity contribution in [3.63, 3.8) is 0 Å². The Bertz CT molecular complexity index is 327. The summed E-state index contributed by atoms with van der Waals surface area (Å²) in [4.78, 5) is 0. The van der Waals surface area contributed by atoms with Gasteiger partial charge in [-0.25, -0.2) is 0 Å². The number of aromatic hydroxyl groups is 1. The summed E-state index contributed by atoms with van der Waals surface area (Å²) >= 11 is 0. The first-order chi connectivity index (χ1) is 7.72. The van der Waals surface area contributed by atoms with E-state index in [1.54, 1.807) is 12.1 Å². The van der Waals surface area contributed by atoms with Crippen LogP contribution in [-0.2, 0) is 6.42 Å². The Balaban J connectivity index is 2.38. The minimum atomic E-state index is 0.331. The summed E-state index contributed by atoms with van der Waals surface area (Å²) in [7, 11) is 0. The molecule has 0 spiro atoms. The van der Waals surface area contributed by atoms with Crippen LogP contribution in [0.5, 0.6) is 5.75 Å². The predicted molar refractivity (Wildman–Crippen MR) is 68.7 cm³/mol. The van der Waals surface area contributed by atoms with E-state index >= 15 is 0 Å². The number of phenols is 1. The number of allylic oxidation sites excluding steroid dienone is 1. The molecule has 16 heavy (non-hydrogen) atoms. The molecule has 0 aromatic heterocycles. The summed E-state index contributed by atoms with van der Waals surface area (Å²) in [6.07, 6.45) is 4.32. The maximum atomic E-state index is 9.17. The molecule has 1 aromatic rings. The average molecular weight is 219 g/mol. The minimum absolute atomic E-state index is 0.331. The summed E-state index contributed by atoms with van der Waals surface area (Å²) in [5.74, 6) is 0.331. The zero-order valence-corrected chi connectivity index (χ0v) is 10.2. The van der Waals surface area contributed by atoms with E-state index in [4.69, 9.17) is 5.11 Å². The topological polar surface area (TPSA) is 32.3 Å². The molecule has 0 radical (unpaired) electrons. The zero-order chi connectivity index (χ0) is 11.8. The van der Waals surface area contributed by atoms with Gasteiger partial charge in [-0.05, 0) is 50.6 Å². The SMILES string of the molecule is CCNCCC=C(C)Cc1ccc(O)cc1. The Kier molecular flexibility index (Phi) is 5.65. The summed E-state index contributed by atoms with van der Waals surface area (Å²) in [6.45, 7) is 6.35. The molecule has 0 fully saturated rings. The fourth-order valence-electron chi connectivity index (χ4n) is 1.61. The van der Waals surface area contributed by atoms with Crippen LogP contribution in [0.1, 0.15) is 25.8 Å². The van der Waals surface area contributed by atoms with Crippen LogP contribution in [0, 0.1) is 0 Å². The average Bonchev–Trinajstić information content (AvgIpc) is 2.28. The first-order valence-electron chi connectivity index (χ1n) is 5.86. The highest BCUT2D eigenvalue weighted by molar-refractivity contribution is 5.28. The second-order valence-corrected chi connectivity index (χ2v) is 4.04. The van der Waals surface area contributed by atoms with E-state index in [-0.39, 0.29) is 0 Å². The standard InChI is InChI=1S/C14H21NO/c1-3-15-10-4-5-12(2)11-13-6-8-14(16)9-7-13/h5-9,15-16H,3-4,10-11H2,1-2H3. The van der Waals surface area contributed by atoms with Crippen LogP contribution >= 0.6 is 0 Å². The van der Waals surface area contributed by atoms with E-state index < -0.39 is 0 Å². The molecule has 1 aromatic carbocycles. The van der Waals surface area contributed by atoms with Gasteiger partial charge in [-0.1, -0.05) is 30.7 Å². The molecule has 0 aliphatic carbocycles. The Morgan fingerprint density at radius 2 is 2.00 bits per heavy atom. The fraction of sp³-hybridized carbons (Fsp3) is 0.429. The van der Waals surface area contributed by atoms with Crippen molar-refractivity contribution in [3.05, 3.63) is 41.5 Å². The van der Waals surface area contributed by atoms with Crippen LogP contribution in [0.3, 0.4) is 0 Å². The van der Waals surface area contributed by atoms with Gasteiger partial charge in [-0.2, -0.15) is 0 Å². The van der Waals surface area contributed by atoms with Crippen LogP contribution < -0.4 is 5.32 Å². The molecule has 0 unspecified atom stereocenters. The summed E-state index contributed by atoms with van der Waals surface area (Å²) < 4.78 is 0. The highest BCUT2D eigenvalue weighted by Gasteiger charge is 1.95. The van der Waals surface area contributed by atoms with Crippen LogP contribution in [-0.4, -0.2) is 18.2 Å². The zero-order valence-electron chi connectivity index (χ0n) is 10.2. The van der Waals surface area contributed by atoms with E-state index in [0.29, 0.717) is 5.75 Å². The quantitative estimate of drug-likeness (QED) is 0.569. The third-order valence-electron chi connectivity index (χ3n) is 2.48. The molecule has 0 saturated heterocycles. The normalized spacial score (nSPS) is 11.8. The highest BCUT2D eigenvalue weighted by atomic mass is 16.3. The number of hydrogen-bond donors (Lipinski definition) is 2. The maximum absolute atomic E-state index is 9.17. The molecule has 1 rings (SSSR count). The Morgan fingerprint density at radius 3 is 2.62 bits per heavy atom. The van der Waals surface area contributed by atoms with Crippen molar-refractivity contribution in [2.75, 3.05) is 13.1 Å². The molecule has 0 saturated carbocycles. The monoisotopic (exact) mass is 219 g/mol. The van der Waals surface area contributed by atoms with E-state index in [9.17, 15) is 0 Å². The maximum Gasteiger partial charge on any atom is 0.115 e. The summed E-state index contributed by atoms with van der Waals surface area (Å²) in [5.41, 5.74) is 2.62. The third kappa shape index (κ3) is 4.99. The number of benzene rings is 1. The van der Waals surface area contributed by atoms with Crippen molar-refractivity contribution >= 4 is 0 Å². The first kappa shape index (κ1) is 12.8.